The first-order valence-electron chi connectivity index (χ1n) is 6.87. The summed E-state index contributed by atoms with van der Waals surface area (Å²) in [6.45, 7) is 0.910. The first-order chi connectivity index (χ1) is 9.63. The Balaban J connectivity index is 1.98. The van der Waals surface area contributed by atoms with E-state index >= 15 is 0 Å². The molecule has 0 bridgehead atoms. The summed E-state index contributed by atoms with van der Waals surface area (Å²) in [6, 6.07) is 5.13. The number of aromatic carboxylic acids is 1. The van der Waals surface area contributed by atoms with Crippen LogP contribution >= 0.6 is 11.8 Å². The third-order valence-electron chi connectivity index (χ3n) is 4.27. The van der Waals surface area contributed by atoms with Gasteiger partial charge in [-0.1, -0.05) is 12.8 Å². The smallest absolute Gasteiger partial charge is 0.335 e. The summed E-state index contributed by atoms with van der Waals surface area (Å²) < 4.78 is 2.40. The number of carboxylic acid groups (broad SMARTS) is 1. The number of aromatic nitrogens is 2. The number of carboxylic acids is 1. The maximum Gasteiger partial charge on any atom is 0.335 e. The summed E-state index contributed by atoms with van der Waals surface area (Å²) in [4.78, 5) is 15.5. The second-order valence-corrected chi connectivity index (χ2v) is 6.75. The monoisotopic (exact) mass is 290 g/mol. The molecule has 1 aliphatic carbocycles. The average molecular weight is 290 g/mol. The van der Waals surface area contributed by atoms with E-state index in [4.69, 9.17) is 5.11 Å². The van der Waals surface area contributed by atoms with Gasteiger partial charge in [-0.05, 0) is 37.3 Å². The van der Waals surface area contributed by atoms with Crippen LogP contribution in [0, 0.1) is 0 Å². The van der Waals surface area contributed by atoms with Crippen molar-refractivity contribution in [1.29, 1.82) is 0 Å². The Labute approximate surface area is 122 Å². The van der Waals surface area contributed by atoms with Crippen LogP contribution in [-0.4, -0.2) is 31.6 Å². The maximum absolute atomic E-state index is 11.1. The Morgan fingerprint density at radius 3 is 2.85 bits per heavy atom. The van der Waals surface area contributed by atoms with Gasteiger partial charge in [0, 0.05) is 11.3 Å². The van der Waals surface area contributed by atoms with Crippen LogP contribution < -0.4 is 0 Å². The van der Waals surface area contributed by atoms with Crippen molar-refractivity contribution in [2.45, 2.75) is 37.0 Å². The van der Waals surface area contributed by atoms with Crippen molar-refractivity contribution in [3.8, 4) is 0 Å². The van der Waals surface area contributed by atoms with E-state index in [2.05, 4.69) is 15.8 Å². The highest BCUT2D eigenvalue weighted by molar-refractivity contribution is 8.00. The molecule has 0 spiro atoms. The molecule has 1 saturated carbocycles. The van der Waals surface area contributed by atoms with Crippen LogP contribution in [-0.2, 0) is 6.54 Å². The molecule has 1 N–H and O–H groups in total. The van der Waals surface area contributed by atoms with Crippen LogP contribution in [0.25, 0.3) is 11.0 Å². The number of nitrogens with zero attached hydrogens (tertiary/aromatic N) is 2. The molecule has 20 heavy (non-hydrogen) atoms. The van der Waals surface area contributed by atoms with Gasteiger partial charge in [-0.15, -0.1) is 0 Å². The molecule has 1 fully saturated rings. The summed E-state index contributed by atoms with van der Waals surface area (Å²) in [6.07, 6.45) is 9.04. The van der Waals surface area contributed by atoms with E-state index < -0.39 is 5.97 Å². The van der Waals surface area contributed by atoms with Gasteiger partial charge < -0.3 is 9.67 Å². The number of fused-ring (bicyclic) bond motifs is 1. The van der Waals surface area contributed by atoms with Gasteiger partial charge in [-0.3, -0.25) is 0 Å². The largest absolute Gasteiger partial charge is 0.478 e. The SMILES string of the molecule is CSC1(Cn2cnc3ccc(C(=O)O)cc32)CCCC1. The molecule has 4 nitrogen and oxygen atoms in total. The van der Waals surface area contributed by atoms with E-state index in [9.17, 15) is 4.79 Å². The molecule has 1 heterocycles. The molecule has 2 aromatic rings. The Bertz CT molecular complexity index is 644. The molecular formula is C15H18N2O2S. The van der Waals surface area contributed by atoms with Crippen LogP contribution in [0.2, 0.25) is 0 Å². The number of carbonyl (C=O) groups is 1. The number of imidazole rings is 1. The molecule has 0 radical (unpaired) electrons. The topological polar surface area (TPSA) is 55.1 Å². The fourth-order valence-electron chi connectivity index (χ4n) is 3.07. The van der Waals surface area contributed by atoms with E-state index in [0.717, 1.165) is 17.6 Å². The van der Waals surface area contributed by atoms with E-state index in [1.807, 2.05) is 18.1 Å². The molecule has 0 aliphatic heterocycles. The lowest BCUT2D eigenvalue weighted by Crippen LogP contribution is -2.26. The molecule has 5 heteroatoms. The molecular weight excluding hydrogens is 272 g/mol. The maximum atomic E-state index is 11.1. The zero-order valence-corrected chi connectivity index (χ0v) is 12.3. The molecule has 0 amide bonds. The highest BCUT2D eigenvalue weighted by atomic mass is 32.2. The minimum Gasteiger partial charge on any atom is -0.478 e. The van der Waals surface area contributed by atoms with Gasteiger partial charge in [0.05, 0.1) is 22.9 Å². The first kappa shape index (κ1) is 13.5. The van der Waals surface area contributed by atoms with Gasteiger partial charge >= 0.3 is 5.97 Å². The normalized spacial score (nSPS) is 17.6. The van der Waals surface area contributed by atoms with Gasteiger partial charge in [-0.2, -0.15) is 11.8 Å². The van der Waals surface area contributed by atoms with Crippen LogP contribution in [0.5, 0.6) is 0 Å². The highest BCUT2D eigenvalue weighted by Crippen LogP contribution is 2.41. The van der Waals surface area contributed by atoms with Crippen molar-refractivity contribution in [2.75, 3.05) is 6.26 Å². The number of rotatable bonds is 4. The third-order valence-corrected chi connectivity index (χ3v) is 5.68. The number of benzene rings is 1. The summed E-state index contributed by atoms with van der Waals surface area (Å²) in [5.74, 6) is -0.889. The van der Waals surface area contributed by atoms with Crippen molar-refractivity contribution in [2.24, 2.45) is 0 Å². The third kappa shape index (κ3) is 2.30. The van der Waals surface area contributed by atoms with Crippen LogP contribution in [0.4, 0.5) is 0 Å². The molecule has 1 aromatic heterocycles. The van der Waals surface area contributed by atoms with Crippen LogP contribution in [0.3, 0.4) is 0 Å². The predicted octanol–water partition coefficient (Wildman–Crippen LogP) is 3.41. The average Bonchev–Trinajstić information content (AvgIpc) is 3.07. The van der Waals surface area contributed by atoms with Gasteiger partial charge in [0.25, 0.3) is 0 Å². The fourth-order valence-corrected chi connectivity index (χ4v) is 4.04. The Hall–Kier alpha value is -1.49. The summed E-state index contributed by atoms with van der Waals surface area (Å²) in [7, 11) is 0. The van der Waals surface area contributed by atoms with Gasteiger partial charge in [0.15, 0.2) is 0 Å². The van der Waals surface area contributed by atoms with E-state index in [1.165, 1.54) is 25.7 Å². The van der Waals surface area contributed by atoms with Gasteiger partial charge in [-0.25, -0.2) is 9.78 Å². The fraction of sp³-hybridized carbons (Fsp3) is 0.467. The standard InChI is InChI=1S/C15H18N2O2S/c1-20-15(6-2-3-7-15)9-17-10-16-12-5-4-11(14(18)19)8-13(12)17/h4-5,8,10H,2-3,6-7,9H2,1H3,(H,18,19). The predicted molar refractivity (Wildman–Crippen MR) is 81.4 cm³/mol. The minimum atomic E-state index is -0.889. The molecule has 106 valence electrons. The second kappa shape index (κ2) is 5.13. The van der Waals surface area contributed by atoms with Crippen LogP contribution in [0.15, 0.2) is 24.5 Å². The molecule has 0 unspecified atom stereocenters. The lowest BCUT2D eigenvalue weighted by Gasteiger charge is -2.27. The Morgan fingerprint density at radius 2 is 2.20 bits per heavy atom. The number of thioether (sulfide) groups is 1. The number of hydrogen-bond donors (Lipinski definition) is 1. The molecule has 1 aliphatic rings. The number of hydrogen-bond acceptors (Lipinski definition) is 3. The van der Waals surface area contributed by atoms with Gasteiger partial charge in [0.2, 0.25) is 0 Å². The quantitative estimate of drug-likeness (QED) is 0.937. The van der Waals surface area contributed by atoms with Crippen molar-refractivity contribution in [3.05, 3.63) is 30.1 Å². The van der Waals surface area contributed by atoms with E-state index in [-0.39, 0.29) is 4.75 Å². The Kier molecular flexibility index (Phi) is 3.46. The van der Waals surface area contributed by atoms with E-state index in [1.54, 1.807) is 18.2 Å². The zero-order valence-electron chi connectivity index (χ0n) is 11.5. The van der Waals surface area contributed by atoms with Crippen LogP contribution in [0.1, 0.15) is 36.0 Å². The van der Waals surface area contributed by atoms with Crippen molar-refractivity contribution in [3.63, 3.8) is 0 Å². The zero-order chi connectivity index (χ0) is 14.2. The molecule has 0 saturated heterocycles. The minimum absolute atomic E-state index is 0.285. The summed E-state index contributed by atoms with van der Waals surface area (Å²) in [5, 5.41) is 9.12. The van der Waals surface area contributed by atoms with Crippen molar-refractivity contribution < 1.29 is 9.90 Å². The van der Waals surface area contributed by atoms with Crippen molar-refractivity contribution in [1.82, 2.24) is 9.55 Å². The second-order valence-electron chi connectivity index (χ2n) is 5.48. The van der Waals surface area contributed by atoms with E-state index in [0.29, 0.717) is 5.56 Å². The molecule has 0 atom stereocenters. The Morgan fingerprint density at radius 1 is 1.45 bits per heavy atom. The lowest BCUT2D eigenvalue weighted by atomic mass is 10.1. The van der Waals surface area contributed by atoms with Crippen molar-refractivity contribution >= 4 is 28.8 Å². The molecule has 3 rings (SSSR count). The molecule has 1 aromatic carbocycles. The lowest BCUT2D eigenvalue weighted by molar-refractivity contribution is 0.0697. The highest BCUT2D eigenvalue weighted by Gasteiger charge is 2.33. The summed E-state index contributed by atoms with van der Waals surface area (Å²) in [5.41, 5.74) is 2.11. The van der Waals surface area contributed by atoms with Gasteiger partial charge in [0.1, 0.15) is 0 Å². The first-order valence-corrected chi connectivity index (χ1v) is 8.09. The summed E-state index contributed by atoms with van der Waals surface area (Å²) >= 11 is 1.93.